The maximum Gasteiger partial charge on any atom is 0.405 e. The van der Waals surface area contributed by atoms with Crippen LogP contribution in [0.15, 0.2) is 36.7 Å². The first-order valence-corrected chi connectivity index (χ1v) is 6.43. The van der Waals surface area contributed by atoms with Gasteiger partial charge in [0.1, 0.15) is 6.04 Å². The summed E-state index contributed by atoms with van der Waals surface area (Å²) >= 11 is 0. The number of H-pyrrole nitrogens is 1. The Morgan fingerprint density at radius 2 is 2.00 bits per heavy atom. The number of hydrogen-bond donors (Lipinski definition) is 4. The molecule has 0 radical (unpaired) electrons. The third-order valence-corrected chi connectivity index (χ3v) is 3.05. The van der Waals surface area contributed by atoms with Crippen LogP contribution in [0.5, 0.6) is 0 Å². The van der Waals surface area contributed by atoms with Crippen LogP contribution in [0, 0.1) is 6.92 Å². The van der Waals surface area contributed by atoms with Crippen molar-refractivity contribution in [3.63, 3.8) is 0 Å². The molecular formula is C14H17F3N4. The van der Waals surface area contributed by atoms with Gasteiger partial charge >= 0.3 is 6.18 Å². The van der Waals surface area contributed by atoms with Gasteiger partial charge in [-0.3, -0.25) is 0 Å². The van der Waals surface area contributed by atoms with Gasteiger partial charge in [-0.25, -0.2) is 0 Å². The molecule has 21 heavy (non-hydrogen) atoms. The number of hydrogen-bond acceptors (Lipinski definition) is 3. The Hall–Kier alpha value is -2.15. The predicted molar refractivity (Wildman–Crippen MR) is 77.8 cm³/mol. The maximum atomic E-state index is 12.4. The third-order valence-electron chi connectivity index (χ3n) is 3.05. The lowest BCUT2D eigenvalue weighted by atomic mass is 10.1. The maximum absolute atomic E-state index is 12.4. The molecule has 114 valence electrons. The zero-order valence-corrected chi connectivity index (χ0v) is 11.5. The van der Waals surface area contributed by atoms with E-state index in [0.717, 1.165) is 16.9 Å². The van der Waals surface area contributed by atoms with Crippen molar-refractivity contribution < 1.29 is 13.2 Å². The number of benzene rings is 1. The summed E-state index contributed by atoms with van der Waals surface area (Å²) in [6.07, 6.45) is -0.788. The summed E-state index contributed by atoms with van der Waals surface area (Å²) in [4.78, 5) is 2.93. The van der Waals surface area contributed by atoms with Gasteiger partial charge in [0.15, 0.2) is 0 Å². The van der Waals surface area contributed by atoms with Crippen molar-refractivity contribution in [3.8, 4) is 0 Å². The normalized spacial score (nSPS) is 13.0. The monoisotopic (exact) mass is 298 g/mol. The average molecular weight is 298 g/mol. The molecule has 0 saturated heterocycles. The number of nitrogens with two attached hydrogens (primary N) is 1. The fraction of sp³-hybridized carbons (Fsp3) is 0.286. The van der Waals surface area contributed by atoms with Gasteiger partial charge in [0.25, 0.3) is 0 Å². The summed E-state index contributed by atoms with van der Waals surface area (Å²) in [5.74, 6) is 0. The Morgan fingerprint density at radius 1 is 1.24 bits per heavy atom. The molecular weight excluding hydrogens is 281 g/mol. The summed E-state index contributed by atoms with van der Waals surface area (Å²) < 4.78 is 37.1. The van der Waals surface area contributed by atoms with Crippen LogP contribution in [0.3, 0.4) is 0 Å². The van der Waals surface area contributed by atoms with Crippen molar-refractivity contribution >= 4 is 17.1 Å². The van der Waals surface area contributed by atoms with E-state index >= 15 is 0 Å². The van der Waals surface area contributed by atoms with Crippen LogP contribution in [-0.2, 0) is 0 Å². The summed E-state index contributed by atoms with van der Waals surface area (Å²) in [6.45, 7) is 1.47. The van der Waals surface area contributed by atoms with E-state index in [1.54, 1.807) is 18.3 Å². The molecule has 1 heterocycles. The van der Waals surface area contributed by atoms with E-state index < -0.39 is 12.2 Å². The molecule has 0 aliphatic heterocycles. The molecule has 0 amide bonds. The van der Waals surface area contributed by atoms with E-state index in [2.05, 4.69) is 15.6 Å². The minimum Gasteiger partial charge on any atom is -0.383 e. The van der Waals surface area contributed by atoms with Crippen LogP contribution in [0.4, 0.5) is 30.2 Å². The third kappa shape index (κ3) is 4.16. The van der Waals surface area contributed by atoms with E-state index in [1.165, 1.54) is 0 Å². The van der Waals surface area contributed by atoms with Gasteiger partial charge in [0.05, 0.1) is 5.69 Å². The smallest absolute Gasteiger partial charge is 0.383 e. The summed E-state index contributed by atoms with van der Waals surface area (Å²) in [5.41, 5.74) is 8.31. The van der Waals surface area contributed by atoms with Gasteiger partial charge in [0.2, 0.25) is 0 Å². The van der Waals surface area contributed by atoms with Crippen LogP contribution in [0.1, 0.15) is 5.56 Å². The molecule has 7 heteroatoms. The topological polar surface area (TPSA) is 65.9 Å². The second-order valence-electron chi connectivity index (χ2n) is 4.78. The van der Waals surface area contributed by atoms with Gasteiger partial charge in [0, 0.05) is 30.3 Å². The summed E-state index contributed by atoms with van der Waals surface area (Å²) in [5, 5.41) is 5.90. The molecule has 0 saturated carbocycles. The van der Waals surface area contributed by atoms with Crippen LogP contribution >= 0.6 is 0 Å². The van der Waals surface area contributed by atoms with E-state index in [1.807, 2.05) is 25.3 Å². The standard InChI is InChI=1S/C14H17F3N4/c1-9-6-10(21-11-4-5-19-7-11)2-3-12(9)20-8-13(18)14(15,16)17/h2-7,13,19-21H,8,18H2,1H3. The fourth-order valence-corrected chi connectivity index (χ4v) is 1.84. The zero-order valence-electron chi connectivity index (χ0n) is 11.5. The zero-order chi connectivity index (χ0) is 15.5. The molecule has 0 fully saturated rings. The van der Waals surface area contributed by atoms with Gasteiger partial charge in [-0.2, -0.15) is 13.2 Å². The quantitative estimate of drug-likeness (QED) is 0.684. The molecule has 0 bridgehead atoms. The second-order valence-corrected chi connectivity index (χ2v) is 4.78. The minimum atomic E-state index is -4.39. The first-order chi connectivity index (χ1) is 9.86. The highest BCUT2D eigenvalue weighted by molar-refractivity contribution is 5.64. The van der Waals surface area contributed by atoms with Gasteiger partial charge in [-0.15, -0.1) is 0 Å². The van der Waals surface area contributed by atoms with E-state index in [4.69, 9.17) is 5.73 Å². The lowest BCUT2D eigenvalue weighted by molar-refractivity contribution is -0.144. The van der Waals surface area contributed by atoms with E-state index in [9.17, 15) is 13.2 Å². The Balaban J connectivity index is 1.99. The van der Waals surface area contributed by atoms with Gasteiger partial charge in [-0.05, 0) is 36.8 Å². The highest BCUT2D eigenvalue weighted by atomic mass is 19.4. The number of aromatic amines is 1. The minimum absolute atomic E-state index is 0.352. The lowest BCUT2D eigenvalue weighted by Crippen LogP contribution is -2.42. The van der Waals surface area contributed by atoms with Crippen molar-refractivity contribution in [2.45, 2.75) is 19.1 Å². The van der Waals surface area contributed by atoms with Crippen molar-refractivity contribution in [3.05, 3.63) is 42.2 Å². The number of anilines is 3. The molecule has 1 atom stereocenters. The highest BCUT2D eigenvalue weighted by Gasteiger charge is 2.36. The van der Waals surface area contributed by atoms with Gasteiger partial charge in [-0.1, -0.05) is 0 Å². The average Bonchev–Trinajstić information content (AvgIpc) is 2.89. The summed E-state index contributed by atoms with van der Waals surface area (Å²) in [6, 6.07) is 5.38. The summed E-state index contributed by atoms with van der Waals surface area (Å²) in [7, 11) is 0. The first-order valence-electron chi connectivity index (χ1n) is 6.43. The molecule has 1 aromatic heterocycles. The van der Waals surface area contributed by atoms with Gasteiger partial charge < -0.3 is 21.4 Å². The molecule has 1 aromatic carbocycles. The van der Waals surface area contributed by atoms with Crippen molar-refractivity contribution in [2.75, 3.05) is 17.2 Å². The Morgan fingerprint density at radius 3 is 2.57 bits per heavy atom. The lowest BCUT2D eigenvalue weighted by Gasteiger charge is -2.18. The number of aromatic nitrogens is 1. The Kier molecular flexibility index (Phi) is 4.42. The Bertz CT molecular complexity index is 578. The van der Waals surface area contributed by atoms with Crippen molar-refractivity contribution in [1.82, 2.24) is 4.98 Å². The van der Waals surface area contributed by atoms with Crippen LogP contribution < -0.4 is 16.4 Å². The molecule has 2 aromatic rings. The number of rotatable bonds is 5. The molecule has 0 aliphatic rings. The molecule has 4 nitrogen and oxygen atoms in total. The predicted octanol–water partition coefficient (Wildman–Crippen LogP) is 3.37. The SMILES string of the molecule is Cc1cc(Nc2cc[nH]c2)ccc1NCC(N)C(F)(F)F. The molecule has 2 rings (SSSR count). The largest absolute Gasteiger partial charge is 0.405 e. The highest BCUT2D eigenvalue weighted by Crippen LogP contribution is 2.24. The first kappa shape index (κ1) is 15.2. The fourth-order valence-electron chi connectivity index (χ4n) is 1.84. The van der Waals surface area contributed by atoms with E-state index in [-0.39, 0.29) is 6.54 Å². The molecule has 0 aliphatic carbocycles. The number of nitrogens with one attached hydrogen (secondary N) is 3. The number of aryl methyl sites for hydroxylation is 1. The van der Waals surface area contributed by atoms with E-state index in [0.29, 0.717) is 5.69 Å². The number of halogens is 3. The van der Waals surface area contributed by atoms with Crippen LogP contribution in [0.2, 0.25) is 0 Å². The Labute approximate surface area is 120 Å². The number of alkyl halides is 3. The van der Waals surface area contributed by atoms with Crippen molar-refractivity contribution in [1.29, 1.82) is 0 Å². The second kappa shape index (κ2) is 6.09. The van der Waals surface area contributed by atoms with Crippen LogP contribution in [-0.4, -0.2) is 23.7 Å². The van der Waals surface area contributed by atoms with Crippen LogP contribution in [0.25, 0.3) is 0 Å². The molecule has 5 N–H and O–H groups in total. The molecule has 1 unspecified atom stereocenters. The van der Waals surface area contributed by atoms with Crippen molar-refractivity contribution in [2.24, 2.45) is 5.73 Å². The molecule has 0 spiro atoms.